The lowest BCUT2D eigenvalue weighted by atomic mass is 9.96. The van der Waals surface area contributed by atoms with Gasteiger partial charge < -0.3 is 5.73 Å². The van der Waals surface area contributed by atoms with Gasteiger partial charge in [0.05, 0.1) is 0 Å². The van der Waals surface area contributed by atoms with Crippen molar-refractivity contribution in [1.29, 1.82) is 0 Å². The summed E-state index contributed by atoms with van der Waals surface area (Å²) >= 11 is 0. The second-order valence-corrected chi connectivity index (χ2v) is 3.42. The number of hydrogen-bond donors (Lipinski definition) is 1. The van der Waals surface area contributed by atoms with Crippen LogP contribution in [0.3, 0.4) is 0 Å². The van der Waals surface area contributed by atoms with Crippen LogP contribution in [-0.2, 0) is 0 Å². The molecule has 13 heavy (non-hydrogen) atoms. The van der Waals surface area contributed by atoms with Gasteiger partial charge in [0.15, 0.2) is 0 Å². The summed E-state index contributed by atoms with van der Waals surface area (Å²) in [6, 6.07) is 6.36. The Labute approximate surface area is 80.3 Å². The van der Waals surface area contributed by atoms with Gasteiger partial charge in [-0.15, -0.1) is 6.58 Å². The average molecular weight is 175 g/mol. The van der Waals surface area contributed by atoms with E-state index < -0.39 is 0 Å². The number of nitrogens with two attached hydrogens (primary N) is 1. The maximum atomic E-state index is 6.00. The van der Waals surface area contributed by atoms with Crippen LogP contribution in [-0.4, -0.2) is 0 Å². The number of hydrogen-bond acceptors (Lipinski definition) is 1. The summed E-state index contributed by atoms with van der Waals surface area (Å²) in [7, 11) is 0. The number of benzene rings is 1. The maximum absolute atomic E-state index is 6.00. The second-order valence-electron chi connectivity index (χ2n) is 3.42. The molecule has 1 aromatic rings. The minimum absolute atomic E-state index is 0.0948. The molecule has 0 saturated carbocycles. The summed E-state index contributed by atoms with van der Waals surface area (Å²) in [4.78, 5) is 0. The molecule has 0 bridgehead atoms. The summed E-state index contributed by atoms with van der Waals surface area (Å²) in [5.41, 5.74) is 9.85. The third-order valence-electron chi connectivity index (χ3n) is 2.47. The largest absolute Gasteiger partial charge is 0.324 e. The van der Waals surface area contributed by atoms with E-state index in [1.165, 1.54) is 16.7 Å². The SMILES string of the molecule is C=CC[C@H](N)c1cccc(C)c1C. The Morgan fingerprint density at radius 2 is 2.15 bits per heavy atom. The lowest BCUT2D eigenvalue weighted by molar-refractivity contribution is 0.734. The van der Waals surface area contributed by atoms with Crippen molar-refractivity contribution in [3.05, 3.63) is 47.5 Å². The summed E-state index contributed by atoms with van der Waals surface area (Å²) in [5, 5.41) is 0. The first-order chi connectivity index (χ1) is 6.16. The van der Waals surface area contributed by atoms with Crippen LogP contribution in [0.25, 0.3) is 0 Å². The fraction of sp³-hybridized carbons (Fsp3) is 0.333. The van der Waals surface area contributed by atoms with Gasteiger partial charge in [-0.05, 0) is 37.0 Å². The van der Waals surface area contributed by atoms with E-state index in [1.54, 1.807) is 0 Å². The molecular formula is C12H17N. The molecule has 0 saturated heterocycles. The van der Waals surface area contributed by atoms with Crippen molar-refractivity contribution in [2.75, 3.05) is 0 Å². The van der Waals surface area contributed by atoms with Gasteiger partial charge in [0, 0.05) is 6.04 Å². The average Bonchev–Trinajstić information content (AvgIpc) is 2.10. The highest BCUT2D eigenvalue weighted by atomic mass is 14.6. The normalized spacial score (nSPS) is 12.5. The molecule has 0 spiro atoms. The molecular weight excluding hydrogens is 158 g/mol. The van der Waals surface area contributed by atoms with Gasteiger partial charge in [0.25, 0.3) is 0 Å². The monoisotopic (exact) mass is 175 g/mol. The van der Waals surface area contributed by atoms with Gasteiger partial charge >= 0.3 is 0 Å². The molecule has 1 heteroatoms. The van der Waals surface area contributed by atoms with Crippen LogP contribution in [0.5, 0.6) is 0 Å². The highest BCUT2D eigenvalue weighted by Gasteiger charge is 2.07. The molecule has 0 aliphatic rings. The highest BCUT2D eigenvalue weighted by molar-refractivity contribution is 5.35. The van der Waals surface area contributed by atoms with E-state index in [9.17, 15) is 0 Å². The summed E-state index contributed by atoms with van der Waals surface area (Å²) in [6.45, 7) is 7.93. The summed E-state index contributed by atoms with van der Waals surface area (Å²) in [6.07, 6.45) is 2.71. The van der Waals surface area contributed by atoms with Crippen LogP contribution in [0.4, 0.5) is 0 Å². The van der Waals surface area contributed by atoms with E-state index in [0.717, 1.165) is 6.42 Å². The number of aryl methyl sites for hydroxylation is 1. The summed E-state index contributed by atoms with van der Waals surface area (Å²) in [5.74, 6) is 0. The molecule has 0 unspecified atom stereocenters. The van der Waals surface area contributed by atoms with E-state index in [1.807, 2.05) is 6.08 Å². The topological polar surface area (TPSA) is 26.0 Å². The van der Waals surface area contributed by atoms with Gasteiger partial charge in [0.2, 0.25) is 0 Å². The van der Waals surface area contributed by atoms with Gasteiger partial charge in [-0.2, -0.15) is 0 Å². The molecule has 0 radical (unpaired) electrons. The Kier molecular flexibility index (Phi) is 3.26. The van der Waals surface area contributed by atoms with E-state index in [0.29, 0.717) is 0 Å². The van der Waals surface area contributed by atoms with Crippen LogP contribution < -0.4 is 5.73 Å². The Morgan fingerprint density at radius 3 is 2.77 bits per heavy atom. The first kappa shape index (κ1) is 10.0. The lowest BCUT2D eigenvalue weighted by Crippen LogP contribution is -2.11. The molecule has 0 aromatic heterocycles. The number of rotatable bonds is 3. The molecule has 1 aromatic carbocycles. The molecule has 1 rings (SSSR count). The van der Waals surface area contributed by atoms with E-state index in [2.05, 4.69) is 38.6 Å². The predicted molar refractivity (Wildman–Crippen MR) is 57.7 cm³/mol. The van der Waals surface area contributed by atoms with Crippen molar-refractivity contribution in [2.45, 2.75) is 26.3 Å². The van der Waals surface area contributed by atoms with Crippen LogP contribution in [0.2, 0.25) is 0 Å². The fourth-order valence-corrected chi connectivity index (χ4v) is 1.48. The zero-order chi connectivity index (χ0) is 9.84. The molecule has 1 nitrogen and oxygen atoms in total. The quantitative estimate of drug-likeness (QED) is 0.702. The molecule has 0 amide bonds. The van der Waals surface area contributed by atoms with Crippen molar-refractivity contribution in [3.8, 4) is 0 Å². The minimum Gasteiger partial charge on any atom is -0.324 e. The zero-order valence-corrected chi connectivity index (χ0v) is 8.38. The highest BCUT2D eigenvalue weighted by Crippen LogP contribution is 2.20. The molecule has 1 atom stereocenters. The van der Waals surface area contributed by atoms with E-state index >= 15 is 0 Å². The smallest absolute Gasteiger partial charge is 0.0332 e. The Bertz CT molecular complexity index is 302. The first-order valence-electron chi connectivity index (χ1n) is 4.59. The third-order valence-corrected chi connectivity index (χ3v) is 2.47. The molecule has 0 fully saturated rings. The van der Waals surface area contributed by atoms with Crippen molar-refractivity contribution >= 4 is 0 Å². The van der Waals surface area contributed by atoms with Crippen LogP contribution >= 0.6 is 0 Å². The second kappa shape index (κ2) is 4.24. The lowest BCUT2D eigenvalue weighted by Gasteiger charge is -2.14. The Morgan fingerprint density at radius 1 is 1.46 bits per heavy atom. The fourth-order valence-electron chi connectivity index (χ4n) is 1.48. The molecule has 70 valence electrons. The van der Waals surface area contributed by atoms with Gasteiger partial charge in [-0.1, -0.05) is 24.3 Å². The third kappa shape index (κ3) is 2.19. The first-order valence-corrected chi connectivity index (χ1v) is 4.59. The molecule has 0 heterocycles. The van der Waals surface area contributed by atoms with Crippen molar-refractivity contribution in [3.63, 3.8) is 0 Å². The Hall–Kier alpha value is -1.08. The Balaban J connectivity index is 3.00. The summed E-state index contributed by atoms with van der Waals surface area (Å²) < 4.78 is 0. The van der Waals surface area contributed by atoms with E-state index in [4.69, 9.17) is 5.73 Å². The van der Waals surface area contributed by atoms with Gasteiger partial charge in [0.1, 0.15) is 0 Å². The maximum Gasteiger partial charge on any atom is 0.0332 e. The van der Waals surface area contributed by atoms with Crippen molar-refractivity contribution < 1.29 is 0 Å². The molecule has 2 N–H and O–H groups in total. The minimum atomic E-state index is 0.0948. The van der Waals surface area contributed by atoms with Crippen LogP contribution in [0.15, 0.2) is 30.9 Å². The molecule has 0 aliphatic carbocycles. The van der Waals surface area contributed by atoms with Crippen LogP contribution in [0.1, 0.15) is 29.2 Å². The van der Waals surface area contributed by atoms with Crippen LogP contribution in [0, 0.1) is 13.8 Å². The van der Waals surface area contributed by atoms with Gasteiger partial charge in [-0.25, -0.2) is 0 Å². The zero-order valence-electron chi connectivity index (χ0n) is 8.38. The van der Waals surface area contributed by atoms with Gasteiger partial charge in [-0.3, -0.25) is 0 Å². The van der Waals surface area contributed by atoms with Crippen molar-refractivity contribution in [1.82, 2.24) is 0 Å². The van der Waals surface area contributed by atoms with E-state index in [-0.39, 0.29) is 6.04 Å². The molecule has 0 aliphatic heterocycles. The van der Waals surface area contributed by atoms with Crippen molar-refractivity contribution in [2.24, 2.45) is 5.73 Å². The standard InChI is InChI=1S/C12H17N/c1-4-6-12(13)11-8-5-7-9(2)10(11)3/h4-5,7-8,12H,1,6,13H2,2-3H3/t12-/m0/s1. The predicted octanol–water partition coefficient (Wildman–Crippen LogP) is 2.88.